The summed E-state index contributed by atoms with van der Waals surface area (Å²) in [7, 11) is 0. The van der Waals surface area contributed by atoms with Gasteiger partial charge in [0.15, 0.2) is 0 Å². The van der Waals surface area contributed by atoms with E-state index in [0.717, 1.165) is 18.6 Å². The Morgan fingerprint density at radius 2 is 2.14 bits per heavy atom. The Labute approximate surface area is 119 Å². The Hall–Kier alpha value is -2.77. The Morgan fingerprint density at radius 1 is 1.38 bits per heavy atom. The Bertz CT molecular complexity index is 678. The third kappa shape index (κ3) is 3.62. The number of nitrogens with zero attached hydrogens (tertiary/aromatic N) is 3. The molecule has 0 amide bonds. The third-order valence-corrected chi connectivity index (χ3v) is 2.58. The van der Waals surface area contributed by atoms with Crippen LogP contribution in [0.1, 0.15) is 19.2 Å². The molecule has 0 fully saturated rings. The summed E-state index contributed by atoms with van der Waals surface area (Å²) in [5.74, 6) is 0.0480. The van der Waals surface area contributed by atoms with Gasteiger partial charge in [-0.2, -0.15) is 9.37 Å². The second kappa shape index (κ2) is 6.12. The summed E-state index contributed by atoms with van der Waals surface area (Å²) in [5.41, 5.74) is 5.03. The SMILES string of the molecule is CCCc1nc(N)cc(Oc2ccc([N+](=O)[O-])c(F)c2)n1. The predicted molar refractivity (Wildman–Crippen MR) is 73.6 cm³/mol. The van der Waals surface area contributed by atoms with Crippen LogP contribution in [-0.4, -0.2) is 14.9 Å². The number of hydrogen-bond acceptors (Lipinski definition) is 6. The number of aromatic nitrogens is 2. The molecule has 8 heteroatoms. The van der Waals surface area contributed by atoms with Gasteiger partial charge >= 0.3 is 5.69 Å². The van der Waals surface area contributed by atoms with E-state index in [-0.39, 0.29) is 17.4 Å². The summed E-state index contributed by atoms with van der Waals surface area (Å²) >= 11 is 0. The van der Waals surface area contributed by atoms with Crippen LogP contribution in [0.25, 0.3) is 0 Å². The summed E-state index contributed by atoms with van der Waals surface area (Å²) in [6, 6.07) is 4.65. The highest BCUT2D eigenvalue weighted by molar-refractivity contribution is 5.40. The van der Waals surface area contributed by atoms with Crippen molar-refractivity contribution in [1.29, 1.82) is 0 Å². The minimum atomic E-state index is -0.978. The quantitative estimate of drug-likeness (QED) is 0.671. The Kier molecular flexibility index (Phi) is 4.27. The highest BCUT2D eigenvalue weighted by Gasteiger charge is 2.15. The number of nitrogens with two attached hydrogens (primary N) is 1. The number of anilines is 1. The van der Waals surface area contributed by atoms with Crippen LogP contribution in [-0.2, 0) is 6.42 Å². The van der Waals surface area contributed by atoms with E-state index in [0.29, 0.717) is 12.2 Å². The molecule has 1 aromatic heterocycles. The van der Waals surface area contributed by atoms with E-state index in [1.807, 2.05) is 6.92 Å². The standard InChI is InChI=1S/C13H13FN4O3/c1-2-3-12-16-11(15)7-13(17-12)21-8-4-5-10(18(19)20)9(14)6-8/h4-7H,2-3H2,1H3,(H2,15,16,17). The van der Waals surface area contributed by atoms with Crippen LogP contribution in [0.15, 0.2) is 24.3 Å². The minimum Gasteiger partial charge on any atom is -0.439 e. The van der Waals surface area contributed by atoms with Gasteiger partial charge in [-0.1, -0.05) is 6.92 Å². The van der Waals surface area contributed by atoms with Crippen molar-refractivity contribution >= 4 is 11.5 Å². The lowest BCUT2D eigenvalue weighted by atomic mass is 10.3. The highest BCUT2D eigenvalue weighted by Crippen LogP contribution is 2.26. The average molecular weight is 292 g/mol. The molecular formula is C13H13FN4O3. The monoisotopic (exact) mass is 292 g/mol. The number of nitro benzene ring substituents is 1. The van der Waals surface area contributed by atoms with E-state index in [9.17, 15) is 14.5 Å². The number of hydrogen-bond donors (Lipinski definition) is 1. The van der Waals surface area contributed by atoms with Crippen LogP contribution in [0.4, 0.5) is 15.9 Å². The zero-order valence-corrected chi connectivity index (χ0v) is 11.2. The first-order chi connectivity index (χ1) is 9.99. The zero-order chi connectivity index (χ0) is 15.4. The molecule has 0 atom stereocenters. The first-order valence-corrected chi connectivity index (χ1v) is 6.25. The molecule has 2 aromatic rings. The van der Waals surface area contributed by atoms with Gasteiger partial charge in [-0.25, -0.2) is 4.98 Å². The number of aryl methyl sites for hydroxylation is 1. The number of halogens is 1. The second-order valence-corrected chi connectivity index (χ2v) is 4.27. The molecule has 2 N–H and O–H groups in total. The smallest absolute Gasteiger partial charge is 0.305 e. The first-order valence-electron chi connectivity index (χ1n) is 6.25. The molecule has 0 bridgehead atoms. The molecule has 1 heterocycles. The van der Waals surface area contributed by atoms with Gasteiger partial charge in [-0.3, -0.25) is 10.1 Å². The molecule has 0 saturated carbocycles. The lowest BCUT2D eigenvalue weighted by Gasteiger charge is -2.07. The maximum absolute atomic E-state index is 13.5. The number of benzene rings is 1. The van der Waals surface area contributed by atoms with Crippen molar-refractivity contribution in [1.82, 2.24) is 9.97 Å². The average Bonchev–Trinajstić information content (AvgIpc) is 2.37. The molecule has 0 aliphatic heterocycles. The van der Waals surface area contributed by atoms with Crippen molar-refractivity contribution in [2.75, 3.05) is 5.73 Å². The first kappa shape index (κ1) is 14.6. The molecule has 7 nitrogen and oxygen atoms in total. The molecule has 2 rings (SSSR count). The van der Waals surface area contributed by atoms with Gasteiger partial charge in [0.2, 0.25) is 11.7 Å². The minimum absolute atomic E-state index is 0.0960. The van der Waals surface area contributed by atoms with Gasteiger partial charge in [0.25, 0.3) is 0 Å². The summed E-state index contributed by atoms with van der Waals surface area (Å²) in [5, 5.41) is 10.5. The molecular weight excluding hydrogens is 279 g/mol. The van der Waals surface area contributed by atoms with Crippen molar-refractivity contribution in [3.05, 3.63) is 46.0 Å². The molecule has 0 unspecified atom stereocenters. The van der Waals surface area contributed by atoms with E-state index in [1.165, 1.54) is 12.1 Å². The van der Waals surface area contributed by atoms with Crippen molar-refractivity contribution in [2.24, 2.45) is 0 Å². The van der Waals surface area contributed by atoms with Crippen LogP contribution in [0.3, 0.4) is 0 Å². The van der Waals surface area contributed by atoms with Gasteiger partial charge in [0, 0.05) is 24.6 Å². The summed E-state index contributed by atoms with van der Waals surface area (Å²) in [6.07, 6.45) is 1.48. The van der Waals surface area contributed by atoms with E-state index < -0.39 is 16.4 Å². The number of rotatable bonds is 5. The molecule has 110 valence electrons. The lowest BCUT2D eigenvalue weighted by Crippen LogP contribution is -2.01. The van der Waals surface area contributed by atoms with Crippen LogP contribution in [0.2, 0.25) is 0 Å². The zero-order valence-electron chi connectivity index (χ0n) is 11.2. The van der Waals surface area contributed by atoms with Crippen LogP contribution in [0.5, 0.6) is 11.6 Å². The van der Waals surface area contributed by atoms with Crippen molar-refractivity contribution in [3.63, 3.8) is 0 Å². The van der Waals surface area contributed by atoms with Crippen LogP contribution >= 0.6 is 0 Å². The van der Waals surface area contributed by atoms with Gasteiger partial charge in [0.1, 0.15) is 17.4 Å². The fourth-order valence-electron chi connectivity index (χ4n) is 1.70. The third-order valence-electron chi connectivity index (χ3n) is 2.58. The van der Waals surface area contributed by atoms with Gasteiger partial charge in [-0.05, 0) is 12.5 Å². The molecule has 21 heavy (non-hydrogen) atoms. The second-order valence-electron chi connectivity index (χ2n) is 4.27. The summed E-state index contributed by atoms with van der Waals surface area (Å²) in [6.45, 7) is 1.97. The number of nitrogen functional groups attached to an aromatic ring is 1. The molecule has 0 aliphatic carbocycles. The van der Waals surface area contributed by atoms with Gasteiger partial charge in [-0.15, -0.1) is 0 Å². The fraction of sp³-hybridized carbons (Fsp3) is 0.231. The van der Waals surface area contributed by atoms with E-state index in [2.05, 4.69) is 9.97 Å². The largest absolute Gasteiger partial charge is 0.439 e. The predicted octanol–water partition coefficient (Wildman–Crippen LogP) is 2.85. The maximum atomic E-state index is 13.5. The van der Waals surface area contributed by atoms with E-state index in [1.54, 1.807) is 0 Å². The van der Waals surface area contributed by atoms with E-state index in [4.69, 9.17) is 10.5 Å². The normalized spacial score (nSPS) is 10.4. The van der Waals surface area contributed by atoms with E-state index >= 15 is 0 Å². The number of ether oxygens (including phenoxy) is 1. The van der Waals surface area contributed by atoms with Crippen LogP contribution in [0, 0.1) is 15.9 Å². The van der Waals surface area contributed by atoms with Crippen molar-refractivity contribution < 1.29 is 14.1 Å². The molecule has 1 aromatic carbocycles. The van der Waals surface area contributed by atoms with Crippen LogP contribution < -0.4 is 10.5 Å². The Balaban J connectivity index is 2.25. The molecule has 0 saturated heterocycles. The van der Waals surface area contributed by atoms with Gasteiger partial charge in [0.05, 0.1) is 4.92 Å². The Morgan fingerprint density at radius 3 is 2.76 bits per heavy atom. The van der Waals surface area contributed by atoms with Gasteiger partial charge < -0.3 is 10.5 Å². The molecule has 0 spiro atoms. The van der Waals surface area contributed by atoms with Crippen molar-refractivity contribution in [2.45, 2.75) is 19.8 Å². The fourth-order valence-corrected chi connectivity index (χ4v) is 1.70. The molecule has 0 aliphatic rings. The number of nitro groups is 1. The van der Waals surface area contributed by atoms with Crippen molar-refractivity contribution in [3.8, 4) is 11.6 Å². The lowest BCUT2D eigenvalue weighted by molar-refractivity contribution is -0.387. The summed E-state index contributed by atoms with van der Waals surface area (Å²) in [4.78, 5) is 17.9. The molecule has 0 radical (unpaired) electrons. The highest BCUT2D eigenvalue weighted by atomic mass is 19.1. The maximum Gasteiger partial charge on any atom is 0.305 e. The topological polar surface area (TPSA) is 104 Å². The summed E-state index contributed by atoms with van der Waals surface area (Å²) < 4.78 is 18.9.